The molecular weight excluding hydrogens is 273 g/mol. The highest BCUT2D eigenvalue weighted by atomic mass is 35.5. The molecule has 2 N–H and O–H groups in total. The first-order valence-corrected chi connectivity index (χ1v) is 6.44. The third kappa shape index (κ3) is 5.04. The van der Waals surface area contributed by atoms with Gasteiger partial charge in [0.25, 0.3) is 6.29 Å². The molecule has 106 valence electrons. The molecule has 1 aromatic rings. The van der Waals surface area contributed by atoms with E-state index in [1.807, 2.05) is 0 Å². The van der Waals surface area contributed by atoms with Gasteiger partial charge in [0, 0.05) is 6.07 Å². The number of unbranched alkanes of at least 4 members (excludes halogenated alkanes) is 2. The molecule has 0 saturated heterocycles. The average molecular weight is 290 g/mol. The maximum absolute atomic E-state index is 13.1. The fourth-order valence-electron chi connectivity index (χ4n) is 1.41. The number of hydrogen-bond donors (Lipinski definition) is 1. The van der Waals surface area contributed by atoms with Crippen molar-refractivity contribution in [3.63, 3.8) is 0 Å². The van der Waals surface area contributed by atoms with Gasteiger partial charge in [-0.05, 0) is 12.5 Å². The maximum atomic E-state index is 13.1. The molecule has 0 fully saturated rings. The number of nitrogen functional groups attached to an aromatic ring is 1. The molecule has 0 aromatic heterocycles. The second-order valence-electron chi connectivity index (χ2n) is 4.00. The number of anilines is 1. The summed E-state index contributed by atoms with van der Waals surface area (Å²) in [7, 11) is 0. The standard InChI is InChI=1S/C13H17ClFNO3/c1-2-3-4-5-18-13(8-17)19-12-7-11(16)10(15)6-9(12)14/h6-8,13H,2-5,16H2,1H3. The average Bonchev–Trinajstić information content (AvgIpc) is 2.39. The van der Waals surface area contributed by atoms with E-state index in [0.29, 0.717) is 12.9 Å². The van der Waals surface area contributed by atoms with Gasteiger partial charge in [-0.3, -0.25) is 4.79 Å². The van der Waals surface area contributed by atoms with Crippen LogP contribution in [-0.2, 0) is 9.53 Å². The first kappa shape index (κ1) is 15.7. The van der Waals surface area contributed by atoms with E-state index in [0.717, 1.165) is 25.3 Å². The lowest BCUT2D eigenvalue weighted by molar-refractivity contribution is -0.137. The third-order valence-corrected chi connectivity index (χ3v) is 2.73. The van der Waals surface area contributed by atoms with Crippen LogP contribution < -0.4 is 10.5 Å². The normalized spacial score (nSPS) is 12.2. The molecule has 0 saturated carbocycles. The molecule has 0 radical (unpaired) electrons. The SMILES string of the molecule is CCCCCOC(C=O)Oc1cc(N)c(F)cc1Cl. The lowest BCUT2D eigenvalue weighted by Crippen LogP contribution is -2.23. The molecule has 0 aliphatic heterocycles. The zero-order chi connectivity index (χ0) is 14.3. The van der Waals surface area contributed by atoms with E-state index in [1.165, 1.54) is 6.07 Å². The van der Waals surface area contributed by atoms with Crippen molar-refractivity contribution in [2.24, 2.45) is 0 Å². The monoisotopic (exact) mass is 289 g/mol. The van der Waals surface area contributed by atoms with Gasteiger partial charge in [0.15, 0.2) is 6.29 Å². The summed E-state index contributed by atoms with van der Waals surface area (Å²) in [5.74, 6) is -0.517. The first-order chi connectivity index (χ1) is 9.08. The lowest BCUT2D eigenvalue weighted by Gasteiger charge is -2.15. The first-order valence-electron chi connectivity index (χ1n) is 6.06. The van der Waals surface area contributed by atoms with Crippen molar-refractivity contribution in [1.29, 1.82) is 0 Å². The van der Waals surface area contributed by atoms with Crippen molar-refractivity contribution in [3.8, 4) is 5.75 Å². The Morgan fingerprint density at radius 1 is 1.47 bits per heavy atom. The number of rotatable bonds is 8. The summed E-state index contributed by atoms with van der Waals surface area (Å²) in [6, 6.07) is 2.26. The predicted octanol–water partition coefficient (Wildman–Crippen LogP) is 3.17. The lowest BCUT2D eigenvalue weighted by atomic mass is 10.3. The Hall–Kier alpha value is -1.33. The third-order valence-electron chi connectivity index (χ3n) is 2.44. The largest absolute Gasteiger partial charge is 0.456 e. The number of carbonyl (C=O) groups excluding carboxylic acids is 1. The van der Waals surface area contributed by atoms with Crippen molar-refractivity contribution in [2.45, 2.75) is 32.5 Å². The molecule has 1 unspecified atom stereocenters. The van der Waals surface area contributed by atoms with E-state index in [4.69, 9.17) is 26.8 Å². The second kappa shape index (κ2) is 7.96. The molecule has 1 aromatic carbocycles. The topological polar surface area (TPSA) is 61.5 Å². The molecular formula is C13H17ClFNO3. The van der Waals surface area contributed by atoms with Gasteiger partial charge in [0.05, 0.1) is 17.3 Å². The number of halogens is 2. The highest BCUT2D eigenvalue weighted by molar-refractivity contribution is 6.32. The Kier molecular flexibility index (Phi) is 6.59. The molecule has 0 bridgehead atoms. The number of ether oxygens (including phenoxy) is 2. The molecule has 4 nitrogen and oxygen atoms in total. The van der Waals surface area contributed by atoms with E-state index in [9.17, 15) is 9.18 Å². The molecule has 0 amide bonds. The number of aldehydes is 1. The van der Waals surface area contributed by atoms with Crippen molar-refractivity contribution < 1.29 is 18.7 Å². The number of carbonyl (C=O) groups is 1. The van der Waals surface area contributed by atoms with Gasteiger partial charge in [-0.15, -0.1) is 0 Å². The van der Waals surface area contributed by atoms with Gasteiger partial charge in [-0.25, -0.2) is 4.39 Å². The van der Waals surface area contributed by atoms with Crippen LogP contribution in [0.15, 0.2) is 12.1 Å². The van der Waals surface area contributed by atoms with E-state index >= 15 is 0 Å². The van der Waals surface area contributed by atoms with E-state index < -0.39 is 12.1 Å². The summed E-state index contributed by atoms with van der Waals surface area (Å²) >= 11 is 5.79. The molecule has 6 heteroatoms. The van der Waals surface area contributed by atoms with Crippen LogP contribution in [0.5, 0.6) is 5.75 Å². The summed E-state index contributed by atoms with van der Waals surface area (Å²) in [5.41, 5.74) is 5.30. The van der Waals surface area contributed by atoms with Crippen molar-refractivity contribution >= 4 is 23.6 Å². The highest BCUT2D eigenvalue weighted by Gasteiger charge is 2.14. The molecule has 19 heavy (non-hydrogen) atoms. The minimum absolute atomic E-state index is 0.0377. The summed E-state index contributed by atoms with van der Waals surface area (Å²) in [6.07, 6.45) is 2.34. The van der Waals surface area contributed by atoms with Gasteiger partial charge in [0.1, 0.15) is 11.6 Å². The molecule has 0 heterocycles. The predicted molar refractivity (Wildman–Crippen MR) is 71.8 cm³/mol. The molecule has 0 aliphatic rings. The van der Waals surface area contributed by atoms with Gasteiger partial charge in [-0.1, -0.05) is 31.4 Å². The minimum Gasteiger partial charge on any atom is -0.456 e. The van der Waals surface area contributed by atoms with Crippen LogP contribution in [-0.4, -0.2) is 19.2 Å². The van der Waals surface area contributed by atoms with Crippen LogP contribution in [0.4, 0.5) is 10.1 Å². The van der Waals surface area contributed by atoms with Crippen LogP contribution >= 0.6 is 11.6 Å². The van der Waals surface area contributed by atoms with Crippen LogP contribution in [0.1, 0.15) is 26.2 Å². The fraction of sp³-hybridized carbons (Fsp3) is 0.462. The Balaban J connectivity index is 2.60. The van der Waals surface area contributed by atoms with Gasteiger partial charge >= 0.3 is 0 Å². The summed E-state index contributed by atoms with van der Waals surface area (Å²) in [5, 5.41) is 0.0377. The maximum Gasteiger partial charge on any atom is 0.256 e. The number of nitrogens with two attached hydrogens (primary N) is 1. The Morgan fingerprint density at radius 3 is 2.84 bits per heavy atom. The molecule has 0 spiro atoms. The highest BCUT2D eigenvalue weighted by Crippen LogP contribution is 2.29. The minimum atomic E-state index is -1.07. The van der Waals surface area contributed by atoms with Crippen molar-refractivity contribution in [3.05, 3.63) is 23.0 Å². The van der Waals surface area contributed by atoms with Crippen molar-refractivity contribution in [1.82, 2.24) is 0 Å². The zero-order valence-electron chi connectivity index (χ0n) is 10.7. The van der Waals surface area contributed by atoms with Gasteiger partial charge < -0.3 is 15.2 Å². The Morgan fingerprint density at radius 2 is 2.21 bits per heavy atom. The Bertz CT molecular complexity index is 429. The van der Waals surface area contributed by atoms with E-state index in [2.05, 4.69) is 6.92 Å². The van der Waals surface area contributed by atoms with E-state index in [1.54, 1.807) is 0 Å². The number of benzene rings is 1. The summed E-state index contributed by atoms with van der Waals surface area (Å²) < 4.78 is 23.6. The quantitative estimate of drug-likeness (QED) is 0.345. The van der Waals surface area contributed by atoms with E-state index in [-0.39, 0.29) is 16.5 Å². The molecule has 1 rings (SSSR count). The number of hydrogen-bond acceptors (Lipinski definition) is 4. The van der Waals surface area contributed by atoms with Gasteiger partial charge in [0.2, 0.25) is 0 Å². The molecule has 1 atom stereocenters. The van der Waals surface area contributed by atoms with Gasteiger partial charge in [-0.2, -0.15) is 0 Å². The zero-order valence-corrected chi connectivity index (χ0v) is 11.5. The fourth-order valence-corrected chi connectivity index (χ4v) is 1.61. The summed E-state index contributed by atoms with van der Waals surface area (Å²) in [6.45, 7) is 2.47. The summed E-state index contributed by atoms with van der Waals surface area (Å²) in [4.78, 5) is 10.8. The van der Waals surface area contributed by atoms with Crippen LogP contribution in [0.3, 0.4) is 0 Å². The Labute approximate surface area is 116 Å². The van der Waals surface area contributed by atoms with Crippen LogP contribution in [0, 0.1) is 5.82 Å². The molecule has 0 aliphatic carbocycles. The smallest absolute Gasteiger partial charge is 0.256 e. The van der Waals surface area contributed by atoms with Crippen molar-refractivity contribution in [2.75, 3.05) is 12.3 Å². The van der Waals surface area contributed by atoms with Crippen LogP contribution in [0.25, 0.3) is 0 Å². The second-order valence-corrected chi connectivity index (χ2v) is 4.41. The van der Waals surface area contributed by atoms with Crippen LogP contribution in [0.2, 0.25) is 5.02 Å².